The number of amides is 1. The summed E-state index contributed by atoms with van der Waals surface area (Å²) in [5.74, 6) is 1.67. The number of nitrogens with zero attached hydrogens (tertiary/aromatic N) is 1. The SMILES string of the molecule is COC(=O)N1CCCC(C2CC2)C1. The number of carbonyl (C=O) groups is 1. The molecule has 3 nitrogen and oxygen atoms in total. The number of piperidine rings is 1. The van der Waals surface area contributed by atoms with Gasteiger partial charge in [0.2, 0.25) is 0 Å². The summed E-state index contributed by atoms with van der Waals surface area (Å²) < 4.78 is 4.73. The van der Waals surface area contributed by atoms with Gasteiger partial charge < -0.3 is 9.64 Å². The zero-order valence-corrected chi connectivity index (χ0v) is 8.16. The largest absolute Gasteiger partial charge is 0.453 e. The molecule has 0 N–H and O–H groups in total. The highest BCUT2D eigenvalue weighted by atomic mass is 16.5. The molecule has 1 atom stereocenters. The van der Waals surface area contributed by atoms with Gasteiger partial charge in [-0.05, 0) is 37.5 Å². The second kappa shape index (κ2) is 3.56. The van der Waals surface area contributed by atoms with Crippen molar-refractivity contribution in [3.63, 3.8) is 0 Å². The topological polar surface area (TPSA) is 29.5 Å². The van der Waals surface area contributed by atoms with Crippen LogP contribution >= 0.6 is 0 Å². The Morgan fingerprint density at radius 1 is 1.31 bits per heavy atom. The van der Waals surface area contributed by atoms with Gasteiger partial charge in [-0.25, -0.2) is 4.79 Å². The molecule has 1 amide bonds. The van der Waals surface area contributed by atoms with E-state index >= 15 is 0 Å². The number of hydrogen-bond donors (Lipinski definition) is 0. The van der Waals surface area contributed by atoms with Crippen molar-refractivity contribution in [3.8, 4) is 0 Å². The maximum atomic E-state index is 11.3. The number of methoxy groups -OCH3 is 1. The summed E-state index contributed by atoms with van der Waals surface area (Å²) >= 11 is 0. The van der Waals surface area contributed by atoms with Crippen LogP contribution in [0.15, 0.2) is 0 Å². The first-order valence-corrected chi connectivity index (χ1v) is 5.14. The lowest BCUT2D eigenvalue weighted by Crippen LogP contribution is -2.40. The fourth-order valence-electron chi connectivity index (χ4n) is 2.26. The Bertz CT molecular complexity index is 201. The Hall–Kier alpha value is -0.730. The molecule has 74 valence electrons. The molecule has 1 aliphatic heterocycles. The normalized spacial score (nSPS) is 28.7. The summed E-state index contributed by atoms with van der Waals surface area (Å²) in [4.78, 5) is 13.1. The molecule has 1 aliphatic carbocycles. The number of carbonyl (C=O) groups excluding carboxylic acids is 1. The first-order valence-electron chi connectivity index (χ1n) is 5.14. The second-order valence-corrected chi connectivity index (χ2v) is 4.16. The van der Waals surface area contributed by atoms with Crippen LogP contribution in [-0.4, -0.2) is 31.2 Å². The number of rotatable bonds is 1. The van der Waals surface area contributed by atoms with E-state index in [2.05, 4.69) is 0 Å². The van der Waals surface area contributed by atoms with Gasteiger partial charge in [-0.1, -0.05) is 0 Å². The first kappa shape index (κ1) is 8.85. The van der Waals surface area contributed by atoms with Crippen LogP contribution in [0.4, 0.5) is 4.79 Å². The van der Waals surface area contributed by atoms with Crippen LogP contribution in [-0.2, 0) is 4.74 Å². The minimum absolute atomic E-state index is 0.148. The van der Waals surface area contributed by atoms with Gasteiger partial charge in [0.1, 0.15) is 0 Å². The average Bonchev–Trinajstić information content (AvgIpc) is 3.00. The Morgan fingerprint density at radius 3 is 2.69 bits per heavy atom. The molecule has 0 spiro atoms. The molecule has 3 heteroatoms. The first-order chi connectivity index (χ1) is 6.31. The zero-order chi connectivity index (χ0) is 9.26. The smallest absolute Gasteiger partial charge is 0.409 e. The Balaban J connectivity index is 1.87. The van der Waals surface area contributed by atoms with Crippen molar-refractivity contribution in [2.24, 2.45) is 11.8 Å². The van der Waals surface area contributed by atoms with Crippen LogP contribution in [0.3, 0.4) is 0 Å². The third-order valence-corrected chi connectivity index (χ3v) is 3.18. The summed E-state index contributed by atoms with van der Waals surface area (Å²) in [7, 11) is 1.46. The molecule has 1 saturated carbocycles. The van der Waals surface area contributed by atoms with E-state index in [1.54, 1.807) is 0 Å². The summed E-state index contributed by atoms with van der Waals surface area (Å²) in [6.07, 6.45) is 5.05. The van der Waals surface area contributed by atoms with Gasteiger partial charge in [0.25, 0.3) is 0 Å². The van der Waals surface area contributed by atoms with Gasteiger partial charge in [-0.3, -0.25) is 0 Å². The van der Waals surface area contributed by atoms with E-state index in [1.165, 1.54) is 26.4 Å². The van der Waals surface area contributed by atoms with Gasteiger partial charge in [-0.2, -0.15) is 0 Å². The van der Waals surface area contributed by atoms with Crippen molar-refractivity contribution in [3.05, 3.63) is 0 Å². The molecule has 1 unspecified atom stereocenters. The molecular formula is C10H17NO2. The highest BCUT2D eigenvalue weighted by molar-refractivity contribution is 5.67. The van der Waals surface area contributed by atoms with Crippen molar-refractivity contribution in [1.82, 2.24) is 4.90 Å². The molecule has 2 fully saturated rings. The predicted molar refractivity (Wildman–Crippen MR) is 49.4 cm³/mol. The van der Waals surface area contributed by atoms with Crippen LogP contribution in [0.2, 0.25) is 0 Å². The van der Waals surface area contributed by atoms with Gasteiger partial charge in [-0.15, -0.1) is 0 Å². The van der Waals surface area contributed by atoms with E-state index in [4.69, 9.17) is 4.74 Å². The van der Waals surface area contributed by atoms with E-state index in [0.29, 0.717) is 0 Å². The maximum absolute atomic E-state index is 11.3. The molecule has 1 heterocycles. The molecule has 1 saturated heterocycles. The minimum atomic E-state index is -0.148. The minimum Gasteiger partial charge on any atom is -0.453 e. The maximum Gasteiger partial charge on any atom is 0.409 e. The molecule has 2 aliphatic rings. The summed E-state index contributed by atoms with van der Waals surface area (Å²) in [5, 5.41) is 0. The molecule has 0 aromatic carbocycles. The monoisotopic (exact) mass is 183 g/mol. The van der Waals surface area contributed by atoms with Crippen molar-refractivity contribution >= 4 is 6.09 Å². The van der Waals surface area contributed by atoms with E-state index in [0.717, 1.165) is 31.3 Å². The predicted octanol–water partition coefficient (Wildman–Crippen LogP) is 1.87. The van der Waals surface area contributed by atoms with E-state index in [-0.39, 0.29) is 6.09 Å². The Morgan fingerprint density at radius 2 is 2.08 bits per heavy atom. The Labute approximate surface area is 79.0 Å². The van der Waals surface area contributed by atoms with Gasteiger partial charge in [0.05, 0.1) is 7.11 Å². The molecule has 0 aromatic rings. The molecule has 13 heavy (non-hydrogen) atoms. The molecule has 0 aromatic heterocycles. The van der Waals surface area contributed by atoms with Crippen molar-refractivity contribution in [2.75, 3.05) is 20.2 Å². The zero-order valence-electron chi connectivity index (χ0n) is 8.16. The third kappa shape index (κ3) is 1.95. The molecule has 0 bridgehead atoms. The van der Waals surface area contributed by atoms with Crippen LogP contribution in [0.25, 0.3) is 0 Å². The van der Waals surface area contributed by atoms with E-state index in [1.807, 2.05) is 4.90 Å². The van der Waals surface area contributed by atoms with Gasteiger partial charge in [0, 0.05) is 13.1 Å². The van der Waals surface area contributed by atoms with E-state index < -0.39 is 0 Å². The van der Waals surface area contributed by atoms with Crippen molar-refractivity contribution in [1.29, 1.82) is 0 Å². The standard InChI is InChI=1S/C10H17NO2/c1-13-10(12)11-6-2-3-9(7-11)8-4-5-8/h8-9H,2-7H2,1H3. The average molecular weight is 183 g/mol. The molecule has 2 rings (SSSR count). The number of hydrogen-bond acceptors (Lipinski definition) is 2. The van der Waals surface area contributed by atoms with Gasteiger partial charge >= 0.3 is 6.09 Å². The number of likely N-dealkylation sites (tertiary alicyclic amines) is 1. The van der Waals surface area contributed by atoms with E-state index in [9.17, 15) is 4.79 Å². The number of ether oxygens (including phenoxy) is 1. The summed E-state index contributed by atoms with van der Waals surface area (Å²) in [5.41, 5.74) is 0. The summed E-state index contributed by atoms with van der Waals surface area (Å²) in [6, 6.07) is 0. The molecule has 0 radical (unpaired) electrons. The lowest BCUT2D eigenvalue weighted by Gasteiger charge is -2.31. The van der Waals surface area contributed by atoms with Crippen LogP contribution in [0.5, 0.6) is 0 Å². The van der Waals surface area contributed by atoms with Crippen LogP contribution in [0, 0.1) is 11.8 Å². The highest BCUT2D eigenvalue weighted by Gasteiger charge is 2.35. The van der Waals surface area contributed by atoms with Crippen molar-refractivity contribution < 1.29 is 9.53 Å². The molecular weight excluding hydrogens is 166 g/mol. The van der Waals surface area contributed by atoms with Crippen LogP contribution in [0.1, 0.15) is 25.7 Å². The lowest BCUT2D eigenvalue weighted by atomic mass is 9.94. The third-order valence-electron chi connectivity index (χ3n) is 3.18. The second-order valence-electron chi connectivity index (χ2n) is 4.16. The fourth-order valence-corrected chi connectivity index (χ4v) is 2.26. The quantitative estimate of drug-likeness (QED) is 0.621. The highest BCUT2D eigenvalue weighted by Crippen LogP contribution is 2.40. The van der Waals surface area contributed by atoms with Crippen LogP contribution < -0.4 is 0 Å². The van der Waals surface area contributed by atoms with Crippen molar-refractivity contribution in [2.45, 2.75) is 25.7 Å². The van der Waals surface area contributed by atoms with Gasteiger partial charge in [0.15, 0.2) is 0 Å². The lowest BCUT2D eigenvalue weighted by molar-refractivity contribution is 0.0984. The summed E-state index contributed by atoms with van der Waals surface area (Å²) in [6.45, 7) is 1.81. The Kier molecular flexibility index (Phi) is 2.42. The fraction of sp³-hybridized carbons (Fsp3) is 0.900.